The van der Waals surface area contributed by atoms with Crippen LogP contribution in [0.1, 0.15) is 82.0 Å². The molecule has 6 heteroatoms. The summed E-state index contributed by atoms with van der Waals surface area (Å²) in [6.45, 7) is 17.0. The number of aromatic nitrogens is 1. The number of hydrogen-bond acceptors (Lipinski definition) is 5. The van der Waals surface area contributed by atoms with Gasteiger partial charge in [0.2, 0.25) is 0 Å². The first-order chi connectivity index (χ1) is 18.5. The molecule has 6 nitrogen and oxygen atoms in total. The van der Waals surface area contributed by atoms with E-state index in [1.165, 1.54) is 50.6 Å². The van der Waals surface area contributed by atoms with E-state index < -0.39 is 0 Å². The lowest BCUT2D eigenvalue weighted by Gasteiger charge is -2.31. The number of esters is 1. The maximum atomic E-state index is 12.0. The third kappa shape index (κ3) is 6.66. The number of hydrogen-bond donors (Lipinski definition) is 0. The molecular formula is C33H48N4O2. The normalized spacial score (nSPS) is 14.3. The predicted octanol–water partition coefficient (Wildman–Crippen LogP) is 7.01. The summed E-state index contributed by atoms with van der Waals surface area (Å²) < 4.78 is 7.46. The minimum absolute atomic E-state index is 0.122. The molecule has 3 rings (SSSR count). The highest BCUT2D eigenvalue weighted by Crippen LogP contribution is 2.42. The Kier molecular flexibility index (Phi) is 10.2. The predicted molar refractivity (Wildman–Crippen MR) is 166 cm³/mol. The summed E-state index contributed by atoms with van der Waals surface area (Å²) in [5.41, 5.74) is 13.2. The van der Waals surface area contributed by atoms with Gasteiger partial charge in [-0.25, -0.2) is 0 Å². The number of benzene rings is 1. The topological polar surface area (TPSA) is 50.1 Å². The van der Waals surface area contributed by atoms with E-state index in [1.807, 2.05) is 6.92 Å². The molecule has 0 unspecified atom stereocenters. The summed E-state index contributed by atoms with van der Waals surface area (Å²) in [7, 11) is 6.39. The lowest BCUT2D eigenvalue weighted by Crippen LogP contribution is -2.27. The maximum Gasteiger partial charge on any atom is 0.305 e. The zero-order chi connectivity index (χ0) is 28.9. The molecule has 1 aromatic heterocycles. The molecule has 1 aliphatic heterocycles. The van der Waals surface area contributed by atoms with Crippen LogP contribution in [0.5, 0.6) is 0 Å². The average Bonchev–Trinajstić information content (AvgIpc) is 3.34. The van der Waals surface area contributed by atoms with Crippen molar-refractivity contribution in [1.29, 1.82) is 0 Å². The van der Waals surface area contributed by atoms with Gasteiger partial charge in [0.15, 0.2) is 0 Å². The Hall–Kier alpha value is -3.28. The van der Waals surface area contributed by atoms with E-state index in [-0.39, 0.29) is 5.97 Å². The second kappa shape index (κ2) is 13.2. The van der Waals surface area contributed by atoms with Crippen LogP contribution in [0, 0.1) is 13.8 Å². The lowest BCUT2D eigenvalue weighted by molar-refractivity contribution is -0.143. The molecule has 0 saturated heterocycles. The first-order valence-corrected chi connectivity index (χ1v) is 14.4. The number of aryl methyl sites for hydroxylation is 3. The highest BCUT2D eigenvalue weighted by Gasteiger charge is 2.26. The van der Waals surface area contributed by atoms with Crippen molar-refractivity contribution in [3.8, 4) is 0 Å². The second-order valence-corrected chi connectivity index (χ2v) is 10.8. The Morgan fingerprint density at radius 2 is 1.74 bits per heavy atom. The average molecular weight is 533 g/mol. The first-order valence-electron chi connectivity index (χ1n) is 14.4. The lowest BCUT2D eigenvalue weighted by atomic mass is 9.89. The number of nitrogens with zero attached hydrogens (tertiary/aromatic N) is 4. The van der Waals surface area contributed by atoms with Crippen LogP contribution in [-0.4, -0.2) is 50.0 Å². The zero-order valence-electron chi connectivity index (χ0n) is 25.9. The molecule has 1 aromatic carbocycles. The third-order valence-corrected chi connectivity index (χ3v) is 7.53. The van der Waals surface area contributed by atoms with Gasteiger partial charge in [0.05, 0.1) is 29.4 Å². The number of anilines is 2. The van der Waals surface area contributed by atoms with Crippen LogP contribution < -0.4 is 9.80 Å². The van der Waals surface area contributed by atoms with Gasteiger partial charge in [0, 0.05) is 57.6 Å². The Bertz CT molecular complexity index is 1290. The third-order valence-electron chi connectivity index (χ3n) is 7.53. The van der Waals surface area contributed by atoms with Gasteiger partial charge in [0.25, 0.3) is 0 Å². The van der Waals surface area contributed by atoms with Gasteiger partial charge >= 0.3 is 5.97 Å². The number of rotatable bonds is 12. The number of allylic oxidation sites excluding steroid dienone is 2. The standard InChI is InChI=1S/C33H48N4O2/c1-11-15-26-20-29(37(12-2)17-14-16-30(38)39-13-3)28(35(8)9)21-27(26)31(32-22(4)18-24(6)34-32)33-23(5)19-25(7)36(33)10/h18-21H,11-17H2,1-10H3/b32-31-. The molecule has 0 amide bonds. The van der Waals surface area contributed by atoms with Gasteiger partial charge in [0.1, 0.15) is 0 Å². The molecule has 0 bridgehead atoms. The van der Waals surface area contributed by atoms with Crippen molar-refractivity contribution in [1.82, 2.24) is 4.57 Å². The molecule has 0 N–H and O–H groups in total. The van der Waals surface area contributed by atoms with Gasteiger partial charge in [-0.2, -0.15) is 0 Å². The van der Waals surface area contributed by atoms with E-state index in [0.29, 0.717) is 13.0 Å². The van der Waals surface area contributed by atoms with Crippen LogP contribution in [0.2, 0.25) is 0 Å². The van der Waals surface area contributed by atoms with E-state index in [2.05, 4.69) is 101 Å². The van der Waals surface area contributed by atoms with E-state index >= 15 is 0 Å². The summed E-state index contributed by atoms with van der Waals surface area (Å²) in [6, 6.07) is 7.02. The van der Waals surface area contributed by atoms with E-state index in [1.54, 1.807) is 0 Å². The fourth-order valence-corrected chi connectivity index (χ4v) is 5.62. The molecule has 0 fully saturated rings. The van der Waals surface area contributed by atoms with E-state index in [4.69, 9.17) is 9.73 Å². The fraction of sp³-hybridized carbons (Fsp3) is 0.515. The van der Waals surface area contributed by atoms with Gasteiger partial charge in [-0.05, 0) is 101 Å². The minimum Gasteiger partial charge on any atom is -0.466 e. The molecule has 39 heavy (non-hydrogen) atoms. The second-order valence-electron chi connectivity index (χ2n) is 10.8. The van der Waals surface area contributed by atoms with Crippen molar-refractivity contribution in [3.63, 3.8) is 0 Å². The molecule has 0 aliphatic carbocycles. The summed E-state index contributed by atoms with van der Waals surface area (Å²) in [6.07, 6.45) is 5.41. The first kappa shape index (κ1) is 30.3. The van der Waals surface area contributed by atoms with Crippen LogP contribution in [0.4, 0.5) is 11.4 Å². The summed E-state index contributed by atoms with van der Waals surface area (Å²) in [5.74, 6) is -0.122. The van der Waals surface area contributed by atoms with Crippen LogP contribution >= 0.6 is 0 Å². The Morgan fingerprint density at radius 1 is 1.03 bits per heavy atom. The molecule has 0 saturated carbocycles. The van der Waals surface area contributed by atoms with Crippen molar-refractivity contribution < 1.29 is 9.53 Å². The van der Waals surface area contributed by atoms with Crippen LogP contribution in [0.3, 0.4) is 0 Å². The fourth-order valence-electron chi connectivity index (χ4n) is 5.62. The minimum atomic E-state index is -0.122. The van der Waals surface area contributed by atoms with Gasteiger partial charge < -0.3 is 19.1 Å². The summed E-state index contributed by atoms with van der Waals surface area (Å²) >= 11 is 0. The molecule has 212 valence electrons. The van der Waals surface area contributed by atoms with Gasteiger partial charge in [-0.1, -0.05) is 13.3 Å². The molecule has 0 atom stereocenters. The molecule has 0 spiro atoms. The Balaban J connectivity index is 2.25. The molecule has 1 aliphatic rings. The highest BCUT2D eigenvalue weighted by atomic mass is 16.5. The quantitative estimate of drug-likeness (QED) is 0.276. The monoisotopic (exact) mass is 532 g/mol. The summed E-state index contributed by atoms with van der Waals surface area (Å²) in [5, 5.41) is 0. The number of carbonyl (C=O) groups excluding carboxylic acids is 1. The van der Waals surface area contributed by atoms with Gasteiger partial charge in [-0.3, -0.25) is 9.79 Å². The smallest absolute Gasteiger partial charge is 0.305 e. The number of ether oxygens (including phenoxy) is 1. The van der Waals surface area contributed by atoms with E-state index in [9.17, 15) is 4.79 Å². The van der Waals surface area contributed by atoms with E-state index in [0.717, 1.165) is 43.8 Å². The highest BCUT2D eigenvalue weighted by molar-refractivity contribution is 6.01. The molecule has 2 heterocycles. The summed E-state index contributed by atoms with van der Waals surface area (Å²) in [4.78, 5) is 21.6. The van der Waals surface area contributed by atoms with Gasteiger partial charge in [-0.15, -0.1) is 0 Å². The Morgan fingerprint density at radius 3 is 2.26 bits per heavy atom. The number of carbonyl (C=O) groups is 1. The van der Waals surface area contributed by atoms with Crippen LogP contribution in [0.25, 0.3) is 5.57 Å². The SMILES string of the molecule is CCCc1cc(N(CC)CCCC(=O)OCC)c(N(C)C)cc1/C(=C1/N=C(C)C=C1C)c1c(C)cc(C)n1C. The van der Waals surface area contributed by atoms with Crippen LogP contribution in [-0.2, 0) is 23.0 Å². The zero-order valence-corrected chi connectivity index (χ0v) is 25.9. The molecular weight excluding hydrogens is 484 g/mol. The number of aliphatic imine (C=N–C) groups is 1. The van der Waals surface area contributed by atoms with Crippen molar-refractivity contribution in [2.45, 2.75) is 74.1 Å². The Labute approximate surface area is 236 Å². The van der Waals surface area contributed by atoms with Crippen molar-refractivity contribution in [2.24, 2.45) is 12.0 Å². The van der Waals surface area contributed by atoms with Crippen LogP contribution in [0.15, 0.2) is 40.5 Å². The maximum absolute atomic E-state index is 12.0. The van der Waals surface area contributed by atoms with Crippen molar-refractivity contribution in [2.75, 3.05) is 43.6 Å². The largest absolute Gasteiger partial charge is 0.466 e. The molecule has 0 radical (unpaired) electrons. The van der Waals surface area contributed by atoms with Crippen molar-refractivity contribution >= 4 is 28.6 Å². The molecule has 2 aromatic rings. The van der Waals surface area contributed by atoms with Crippen molar-refractivity contribution in [3.05, 3.63) is 63.6 Å².